The second kappa shape index (κ2) is 7.38. The number of carboxylic acids is 1. The van der Waals surface area contributed by atoms with Crippen LogP contribution in [0.5, 0.6) is 5.75 Å². The molecule has 0 aromatic heterocycles. The molecule has 0 aliphatic carbocycles. The Kier molecular flexibility index (Phi) is 5.81. The molecular formula is C13H18N2O4. The first-order valence-corrected chi connectivity index (χ1v) is 5.98. The Hall–Kier alpha value is -2.08. The average molecular weight is 266 g/mol. The fraction of sp³-hybridized carbons (Fsp3) is 0.385. The van der Waals surface area contributed by atoms with Gasteiger partial charge < -0.3 is 15.2 Å². The summed E-state index contributed by atoms with van der Waals surface area (Å²) < 4.78 is 5.30. The van der Waals surface area contributed by atoms with E-state index in [0.29, 0.717) is 6.61 Å². The van der Waals surface area contributed by atoms with Crippen molar-refractivity contribution in [3.05, 3.63) is 29.8 Å². The number of likely N-dealkylation sites (N-methyl/N-ethyl adjacent to an activating group) is 1. The molecule has 1 amide bonds. The molecule has 0 spiro atoms. The van der Waals surface area contributed by atoms with E-state index in [9.17, 15) is 9.59 Å². The number of ether oxygens (including phenoxy) is 1. The maximum Gasteiger partial charge on any atom is 0.330 e. The van der Waals surface area contributed by atoms with Gasteiger partial charge in [-0.25, -0.2) is 4.79 Å². The van der Waals surface area contributed by atoms with E-state index in [1.165, 1.54) is 7.05 Å². The molecule has 0 heterocycles. The van der Waals surface area contributed by atoms with Gasteiger partial charge in [0.25, 0.3) is 0 Å². The second-order valence-corrected chi connectivity index (χ2v) is 3.85. The highest BCUT2D eigenvalue weighted by molar-refractivity contribution is 6.01. The Morgan fingerprint density at radius 1 is 1.32 bits per heavy atom. The summed E-state index contributed by atoms with van der Waals surface area (Å²) >= 11 is 0. The van der Waals surface area contributed by atoms with Crippen molar-refractivity contribution in [3.63, 3.8) is 0 Å². The number of amides is 1. The van der Waals surface area contributed by atoms with Gasteiger partial charge in [0.1, 0.15) is 5.75 Å². The number of carbonyl (C=O) groups is 2. The van der Waals surface area contributed by atoms with Crippen LogP contribution in [0, 0.1) is 0 Å². The Bertz CT molecular complexity index is 431. The Balaban J connectivity index is 2.52. The van der Waals surface area contributed by atoms with Crippen LogP contribution in [-0.2, 0) is 16.1 Å². The number of hydrogen-bond donors (Lipinski definition) is 3. The highest BCUT2D eigenvalue weighted by Gasteiger charge is 2.23. The molecule has 1 unspecified atom stereocenters. The molecule has 1 aromatic rings. The minimum atomic E-state index is -1.23. The highest BCUT2D eigenvalue weighted by Crippen LogP contribution is 2.11. The van der Waals surface area contributed by atoms with Gasteiger partial charge >= 0.3 is 5.97 Å². The predicted molar refractivity (Wildman–Crippen MR) is 69.9 cm³/mol. The van der Waals surface area contributed by atoms with Gasteiger partial charge in [0.2, 0.25) is 5.91 Å². The van der Waals surface area contributed by atoms with Gasteiger partial charge in [-0.05, 0) is 31.7 Å². The summed E-state index contributed by atoms with van der Waals surface area (Å²) in [7, 11) is 1.43. The third kappa shape index (κ3) is 4.59. The number of rotatable bonds is 7. The molecule has 19 heavy (non-hydrogen) atoms. The molecular weight excluding hydrogens is 248 g/mol. The van der Waals surface area contributed by atoms with E-state index in [-0.39, 0.29) is 6.54 Å². The van der Waals surface area contributed by atoms with Gasteiger partial charge in [0.15, 0.2) is 6.04 Å². The van der Waals surface area contributed by atoms with Crippen molar-refractivity contribution in [2.45, 2.75) is 19.5 Å². The molecule has 104 valence electrons. The number of nitrogens with one attached hydrogen (secondary N) is 2. The first-order chi connectivity index (χ1) is 9.08. The van der Waals surface area contributed by atoms with Crippen LogP contribution in [0.2, 0.25) is 0 Å². The summed E-state index contributed by atoms with van der Waals surface area (Å²) in [6, 6.07) is 6.01. The Labute approximate surface area is 111 Å². The zero-order chi connectivity index (χ0) is 14.3. The number of carboxylic acid groups (broad SMARTS) is 1. The van der Waals surface area contributed by atoms with Crippen LogP contribution in [0.1, 0.15) is 12.5 Å². The highest BCUT2D eigenvalue weighted by atomic mass is 16.5. The lowest BCUT2D eigenvalue weighted by Crippen LogP contribution is -2.47. The largest absolute Gasteiger partial charge is 0.494 e. The smallest absolute Gasteiger partial charge is 0.330 e. The molecule has 0 aliphatic heterocycles. The summed E-state index contributed by atoms with van der Waals surface area (Å²) in [5, 5.41) is 13.8. The molecule has 0 bridgehead atoms. The number of hydrogen-bond acceptors (Lipinski definition) is 4. The molecule has 1 atom stereocenters. The fourth-order valence-electron chi connectivity index (χ4n) is 1.53. The molecule has 6 nitrogen and oxygen atoms in total. The molecule has 3 N–H and O–H groups in total. The van der Waals surface area contributed by atoms with Gasteiger partial charge in [-0.1, -0.05) is 12.1 Å². The van der Waals surface area contributed by atoms with Crippen LogP contribution in [-0.4, -0.2) is 36.7 Å². The van der Waals surface area contributed by atoms with E-state index in [1.54, 1.807) is 12.1 Å². The van der Waals surface area contributed by atoms with Crippen molar-refractivity contribution >= 4 is 11.9 Å². The third-order valence-corrected chi connectivity index (χ3v) is 2.50. The minimum absolute atomic E-state index is 0.275. The van der Waals surface area contributed by atoms with Crippen LogP contribution in [0.3, 0.4) is 0 Å². The van der Waals surface area contributed by atoms with Crippen molar-refractivity contribution in [1.82, 2.24) is 10.6 Å². The Morgan fingerprint density at radius 2 is 1.95 bits per heavy atom. The third-order valence-electron chi connectivity index (χ3n) is 2.50. The van der Waals surface area contributed by atoms with Crippen molar-refractivity contribution in [1.29, 1.82) is 0 Å². The first kappa shape index (κ1) is 15.0. The molecule has 1 rings (SSSR count). The molecule has 0 saturated heterocycles. The number of carbonyl (C=O) groups excluding carboxylic acids is 1. The van der Waals surface area contributed by atoms with Crippen molar-refractivity contribution in [2.24, 2.45) is 0 Å². The summed E-state index contributed by atoms with van der Waals surface area (Å²) in [5.74, 6) is -1.01. The minimum Gasteiger partial charge on any atom is -0.494 e. The van der Waals surface area contributed by atoms with Crippen LogP contribution >= 0.6 is 0 Å². The maximum absolute atomic E-state index is 11.6. The van der Waals surface area contributed by atoms with Gasteiger partial charge in [0.05, 0.1) is 6.61 Å². The first-order valence-electron chi connectivity index (χ1n) is 5.98. The zero-order valence-corrected chi connectivity index (χ0v) is 11.0. The lowest BCUT2D eigenvalue weighted by molar-refractivity contribution is -0.143. The van der Waals surface area contributed by atoms with Gasteiger partial charge in [-0.3, -0.25) is 10.1 Å². The van der Waals surface area contributed by atoms with E-state index in [1.807, 2.05) is 19.1 Å². The molecule has 0 aliphatic rings. The predicted octanol–water partition coefficient (Wildman–Crippen LogP) is 0.374. The molecule has 1 aromatic carbocycles. The summed E-state index contributed by atoms with van der Waals surface area (Å²) in [6.45, 7) is 2.77. The van der Waals surface area contributed by atoms with E-state index in [4.69, 9.17) is 9.84 Å². The maximum atomic E-state index is 11.6. The fourth-order valence-corrected chi connectivity index (χ4v) is 1.53. The second-order valence-electron chi connectivity index (χ2n) is 3.85. The van der Waals surface area contributed by atoms with Crippen LogP contribution < -0.4 is 15.4 Å². The SMILES string of the molecule is CCOc1ccc(CNC(=O)C(NC)C(=O)O)cc1. The van der Waals surface area contributed by atoms with E-state index >= 15 is 0 Å². The van der Waals surface area contributed by atoms with E-state index in [0.717, 1.165) is 11.3 Å². The van der Waals surface area contributed by atoms with E-state index in [2.05, 4.69) is 10.6 Å². The van der Waals surface area contributed by atoms with Gasteiger partial charge in [-0.2, -0.15) is 0 Å². The lowest BCUT2D eigenvalue weighted by Gasteiger charge is -2.12. The zero-order valence-electron chi connectivity index (χ0n) is 11.0. The summed E-state index contributed by atoms with van der Waals surface area (Å²) in [6.07, 6.45) is 0. The molecule has 0 fully saturated rings. The van der Waals surface area contributed by atoms with Crippen molar-refractivity contribution < 1.29 is 19.4 Å². The van der Waals surface area contributed by atoms with Crippen LogP contribution in [0.15, 0.2) is 24.3 Å². The average Bonchev–Trinajstić information content (AvgIpc) is 2.38. The topological polar surface area (TPSA) is 87.7 Å². The Morgan fingerprint density at radius 3 is 2.42 bits per heavy atom. The van der Waals surface area contributed by atoms with Gasteiger partial charge in [0, 0.05) is 6.54 Å². The normalized spacial score (nSPS) is 11.7. The van der Waals surface area contributed by atoms with Crippen LogP contribution in [0.4, 0.5) is 0 Å². The molecule has 0 saturated carbocycles. The van der Waals surface area contributed by atoms with Crippen molar-refractivity contribution in [2.75, 3.05) is 13.7 Å². The van der Waals surface area contributed by atoms with Gasteiger partial charge in [-0.15, -0.1) is 0 Å². The number of aliphatic carboxylic acids is 1. The quantitative estimate of drug-likeness (QED) is 0.621. The summed E-state index contributed by atoms with van der Waals surface area (Å²) in [5.41, 5.74) is 0.872. The van der Waals surface area contributed by atoms with Crippen molar-refractivity contribution in [3.8, 4) is 5.75 Å². The molecule has 0 radical (unpaired) electrons. The number of benzene rings is 1. The monoisotopic (exact) mass is 266 g/mol. The van der Waals surface area contributed by atoms with Crippen LogP contribution in [0.25, 0.3) is 0 Å². The molecule has 6 heteroatoms. The van der Waals surface area contributed by atoms with E-state index < -0.39 is 17.9 Å². The standard InChI is InChI=1S/C13H18N2O4/c1-3-19-10-6-4-9(5-7-10)8-15-12(16)11(14-2)13(17)18/h4-7,11,14H,3,8H2,1-2H3,(H,15,16)(H,17,18). The lowest BCUT2D eigenvalue weighted by atomic mass is 10.2. The summed E-state index contributed by atoms with van der Waals surface area (Å²) in [4.78, 5) is 22.3.